The Bertz CT molecular complexity index is 845. The van der Waals surface area contributed by atoms with Crippen molar-refractivity contribution in [1.82, 2.24) is 0 Å². The number of hydrogen-bond acceptors (Lipinski definition) is 3. The van der Waals surface area contributed by atoms with E-state index in [1.54, 1.807) is 6.07 Å². The topological polar surface area (TPSA) is 61.4 Å². The SMILES string of the molecule is O=C(C=Cc1ccc(C(F)(F)F)cc1)Nc1ccc2c(c1)NCC(CO)C2. The fourth-order valence-corrected chi connectivity index (χ4v) is 2.90. The average Bonchev–Trinajstić information content (AvgIpc) is 2.65. The Morgan fingerprint density at radius 2 is 1.96 bits per heavy atom. The highest BCUT2D eigenvalue weighted by Crippen LogP contribution is 2.29. The van der Waals surface area contributed by atoms with E-state index < -0.39 is 11.7 Å². The van der Waals surface area contributed by atoms with Gasteiger partial charge in [-0.15, -0.1) is 0 Å². The first-order valence-corrected chi connectivity index (χ1v) is 8.49. The molecule has 2 aromatic rings. The molecule has 142 valence electrons. The quantitative estimate of drug-likeness (QED) is 0.709. The molecule has 0 aromatic heterocycles. The average molecular weight is 376 g/mol. The van der Waals surface area contributed by atoms with Gasteiger partial charge in [0.25, 0.3) is 0 Å². The van der Waals surface area contributed by atoms with Gasteiger partial charge in [0.1, 0.15) is 0 Å². The number of anilines is 2. The standard InChI is InChI=1S/C20H19F3N2O2/c21-20(22,23)16-5-1-13(2-6-16)3-8-19(27)25-17-7-4-15-9-14(12-26)11-24-18(15)10-17/h1-8,10,14,24,26H,9,11-12H2,(H,25,27). The number of aliphatic hydroxyl groups excluding tert-OH is 1. The van der Waals surface area contributed by atoms with Crippen LogP contribution < -0.4 is 10.6 Å². The van der Waals surface area contributed by atoms with Gasteiger partial charge in [0.05, 0.1) is 5.56 Å². The Hall–Kier alpha value is -2.80. The minimum Gasteiger partial charge on any atom is -0.396 e. The van der Waals surface area contributed by atoms with E-state index in [-0.39, 0.29) is 18.4 Å². The Morgan fingerprint density at radius 3 is 2.63 bits per heavy atom. The maximum atomic E-state index is 12.5. The number of nitrogens with one attached hydrogen (secondary N) is 2. The van der Waals surface area contributed by atoms with Crippen LogP contribution in [0.25, 0.3) is 6.08 Å². The zero-order valence-corrected chi connectivity index (χ0v) is 14.4. The van der Waals surface area contributed by atoms with Gasteiger partial charge in [-0.05, 0) is 47.9 Å². The number of carbonyl (C=O) groups is 1. The van der Waals surface area contributed by atoms with E-state index in [1.165, 1.54) is 24.3 Å². The molecule has 7 heteroatoms. The Kier molecular flexibility index (Phi) is 5.51. The molecule has 1 atom stereocenters. The van der Waals surface area contributed by atoms with E-state index in [0.717, 1.165) is 29.8 Å². The smallest absolute Gasteiger partial charge is 0.396 e. The van der Waals surface area contributed by atoms with Gasteiger partial charge >= 0.3 is 6.18 Å². The van der Waals surface area contributed by atoms with Crippen molar-refractivity contribution in [3.05, 3.63) is 65.2 Å². The fourth-order valence-electron chi connectivity index (χ4n) is 2.90. The maximum Gasteiger partial charge on any atom is 0.416 e. The Balaban J connectivity index is 1.62. The summed E-state index contributed by atoms with van der Waals surface area (Å²) in [6, 6.07) is 10.1. The summed E-state index contributed by atoms with van der Waals surface area (Å²) in [4.78, 5) is 12.0. The molecule has 3 N–H and O–H groups in total. The number of aliphatic hydroxyl groups is 1. The molecule has 2 aromatic carbocycles. The molecule has 0 saturated heterocycles. The molecule has 0 fully saturated rings. The Morgan fingerprint density at radius 1 is 1.22 bits per heavy atom. The molecule has 0 radical (unpaired) electrons. The third-order valence-electron chi connectivity index (χ3n) is 4.39. The molecule has 1 aliphatic rings. The van der Waals surface area contributed by atoms with Crippen molar-refractivity contribution in [2.75, 3.05) is 23.8 Å². The minimum atomic E-state index is -4.38. The van der Waals surface area contributed by atoms with E-state index in [0.29, 0.717) is 17.8 Å². The summed E-state index contributed by atoms with van der Waals surface area (Å²) in [6.07, 6.45) is -0.868. The van der Waals surface area contributed by atoms with Crippen molar-refractivity contribution in [3.8, 4) is 0 Å². The largest absolute Gasteiger partial charge is 0.416 e. The van der Waals surface area contributed by atoms with Crippen LogP contribution in [0.3, 0.4) is 0 Å². The van der Waals surface area contributed by atoms with Crippen molar-refractivity contribution >= 4 is 23.4 Å². The molecule has 4 nitrogen and oxygen atoms in total. The lowest BCUT2D eigenvalue weighted by atomic mass is 9.94. The lowest BCUT2D eigenvalue weighted by molar-refractivity contribution is -0.137. The first-order chi connectivity index (χ1) is 12.8. The van der Waals surface area contributed by atoms with Crippen molar-refractivity contribution in [1.29, 1.82) is 0 Å². The molecular formula is C20H19F3N2O2. The monoisotopic (exact) mass is 376 g/mol. The van der Waals surface area contributed by atoms with Gasteiger partial charge in [-0.3, -0.25) is 4.79 Å². The third kappa shape index (κ3) is 4.89. The molecule has 0 aliphatic carbocycles. The van der Waals surface area contributed by atoms with Gasteiger partial charge in [0.15, 0.2) is 0 Å². The zero-order valence-electron chi connectivity index (χ0n) is 14.4. The highest BCUT2D eigenvalue weighted by Gasteiger charge is 2.29. The van der Waals surface area contributed by atoms with Crippen LogP contribution >= 0.6 is 0 Å². The number of halogens is 3. The second-order valence-electron chi connectivity index (χ2n) is 6.45. The van der Waals surface area contributed by atoms with Gasteiger partial charge in [-0.25, -0.2) is 0 Å². The van der Waals surface area contributed by atoms with E-state index in [9.17, 15) is 23.1 Å². The second kappa shape index (κ2) is 7.84. The first kappa shape index (κ1) is 19.0. The van der Waals surface area contributed by atoms with E-state index in [2.05, 4.69) is 10.6 Å². The number of hydrogen-bond donors (Lipinski definition) is 3. The van der Waals surface area contributed by atoms with Crippen LogP contribution in [-0.2, 0) is 17.4 Å². The van der Waals surface area contributed by atoms with Crippen LogP contribution in [0.1, 0.15) is 16.7 Å². The summed E-state index contributed by atoms with van der Waals surface area (Å²) >= 11 is 0. The first-order valence-electron chi connectivity index (χ1n) is 8.49. The normalized spacial score (nSPS) is 16.7. The minimum absolute atomic E-state index is 0.125. The summed E-state index contributed by atoms with van der Waals surface area (Å²) in [6.45, 7) is 0.800. The molecule has 1 amide bonds. The van der Waals surface area contributed by atoms with Crippen molar-refractivity contribution in [2.45, 2.75) is 12.6 Å². The molecule has 1 heterocycles. The molecule has 1 aliphatic heterocycles. The number of benzene rings is 2. The van der Waals surface area contributed by atoms with Gasteiger partial charge < -0.3 is 15.7 Å². The third-order valence-corrected chi connectivity index (χ3v) is 4.39. The van der Waals surface area contributed by atoms with Gasteiger partial charge in [-0.1, -0.05) is 18.2 Å². The van der Waals surface area contributed by atoms with E-state index >= 15 is 0 Å². The van der Waals surface area contributed by atoms with Gasteiger partial charge in [0, 0.05) is 36.5 Å². The molecule has 1 unspecified atom stereocenters. The van der Waals surface area contributed by atoms with Crippen LogP contribution in [0.15, 0.2) is 48.5 Å². The lowest BCUT2D eigenvalue weighted by Gasteiger charge is -2.25. The predicted octanol–water partition coefficient (Wildman–Crippen LogP) is 3.93. The summed E-state index contributed by atoms with van der Waals surface area (Å²) in [5, 5.41) is 15.2. The molecule has 0 spiro atoms. The van der Waals surface area contributed by atoms with Crippen molar-refractivity contribution in [2.24, 2.45) is 5.92 Å². The number of alkyl halides is 3. The Labute approximate surface area is 154 Å². The number of carbonyl (C=O) groups excluding carboxylic acids is 1. The highest BCUT2D eigenvalue weighted by atomic mass is 19.4. The van der Waals surface area contributed by atoms with E-state index in [1.807, 2.05) is 12.1 Å². The summed E-state index contributed by atoms with van der Waals surface area (Å²) in [7, 11) is 0. The summed E-state index contributed by atoms with van der Waals surface area (Å²) in [5.74, 6) is -0.191. The van der Waals surface area contributed by atoms with Gasteiger partial charge in [0.2, 0.25) is 5.91 Å². The zero-order chi connectivity index (χ0) is 19.4. The summed E-state index contributed by atoms with van der Waals surface area (Å²) < 4.78 is 37.6. The highest BCUT2D eigenvalue weighted by molar-refractivity contribution is 6.02. The maximum absolute atomic E-state index is 12.5. The van der Waals surface area contributed by atoms with Crippen molar-refractivity contribution in [3.63, 3.8) is 0 Å². The lowest BCUT2D eigenvalue weighted by Crippen LogP contribution is -2.25. The summed E-state index contributed by atoms with van der Waals surface area (Å²) in [5.41, 5.74) is 2.39. The van der Waals surface area contributed by atoms with Crippen LogP contribution in [-0.4, -0.2) is 24.2 Å². The van der Waals surface area contributed by atoms with Crippen LogP contribution in [0.2, 0.25) is 0 Å². The van der Waals surface area contributed by atoms with Crippen LogP contribution in [0.5, 0.6) is 0 Å². The molecule has 0 saturated carbocycles. The predicted molar refractivity (Wildman–Crippen MR) is 98.3 cm³/mol. The van der Waals surface area contributed by atoms with Crippen molar-refractivity contribution < 1.29 is 23.1 Å². The molecule has 0 bridgehead atoms. The number of amides is 1. The number of fused-ring (bicyclic) bond motifs is 1. The molecular weight excluding hydrogens is 357 g/mol. The number of rotatable bonds is 4. The van der Waals surface area contributed by atoms with E-state index in [4.69, 9.17) is 0 Å². The molecule has 27 heavy (non-hydrogen) atoms. The molecule has 3 rings (SSSR count). The van der Waals surface area contributed by atoms with Crippen LogP contribution in [0, 0.1) is 5.92 Å². The fraction of sp³-hybridized carbons (Fsp3) is 0.250. The van der Waals surface area contributed by atoms with Crippen LogP contribution in [0.4, 0.5) is 24.5 Å². The second-order valence-corrected chi connectivity index (χ2v) is 6.45. The van der Waals surface area contributed by atoms with Gasteiger partial charge in [-0.2, -0.15) is 13.2 Å².